The molecule has 0 aromatic heterocycles. The van der Waals surface area contributed by atoms with E-state index in [0.717, 1.165) is 0 Å². The van der Waals surface area contributed by atoms with Gasteiger partial charge in [-0.25, -0.2) is 0 Å². The molecule has 0 saturated heterocycles. The Morgan fingerprint density at radius 2 is 0.650 bits per heavy atom. The van der Waals surface area contributed by atoms with Crippen molar-refractivity contribution in [3.05, 3.63) is 0 Å². The lowest BCUT2D eigenvalue weighted by atomic mass is 9.97. The van der Waals surface area contributed by atoms with Crippen molar-refractivity contribution in [1.29, 1.82) is 0 Å². The summed E-state index contributed by atoms with van der Waals surface area (Å²) in [6, 6.07) is -6.48. The van der Waals surface area contributed by atoms with Crippen LogP contribution in [-0.4, -0.2) is 35.9 Å². The summed E-state index contributed by atoms with van der Waals surface area (Å²) < 4.78 is 157. The zero-order chi connectivity index (χ0) is 17.0. The van der Waals surface area contributed by atoms with Gasteiger partial charge in [-0.05, 0) is 0 Å². The van der Waals surface area contributed by atoms with E-state index >= 15 is 0 Å². The van der Waals surface area contributed by atoms with E-state index in [0.29, 0.717) is 0 Å². The van der Waals surface area contributed by atoms with Gasteiger partial charge in [-0.3, -0.25) is 5.73 Å². The lowest BCUT2D eigenvalue weighted by Gasteiger charge is -2.38. The molecular weight excluding hydrogens is 333 g/mol. The van der Waals surface area contributed by atoms with Crippen molar-refractivity contribution in [1.82, 2.24) is 0 Å². The van der Waals surface area contributed by atoms with Crippen LogP contribution in [0.4, 0.5) is 57.1 Å². The second kappa shape index (κ2) is 4.27. The van der Waals surface area contributed by atoms with Crippen molar-refractivity contribution < 1.29 is 57.1 Å². The summed E-state index contributed by atoms with van der Waals surface area (Å²) in [7, 11) is 0. The van der Waals surface area contributed by atoms with E-state index in [2.05, 4.69) is 5.73 Å². The highest BCUT2D eigenvalue weighted by atomic mass is 19.4. The Labute approximate surface area is 100 Å². The van der Waals surface area contributed by atoms with Crippen LogP contribution in [0.2, 0.25) is 0 Å². The molecule has 0 aromatic rings. The summed E-state index contributed by atoms with van der Waals surface area (Å²) in [5, 5.41) is 0. The van der Waals surface area contributed by atoms with E-state index in [4.69, 9.17) is 0 Å². The maximum absolute atomic E-state index is 12.5. The van der Waals surface area contributed by atoms with Crippen LogP contribution in [0.5, 0.6) is 0 Å². The third-order valence-corrected chi connectivity index (χ3v) is 1.96. The second-order valence-corrected chi connectivity index (χ2v) is 3.42. The number of alkyl halides is 13. The fourth-order valence-corrected chi connectivity index (χ4v) is 0.782. The minimum absolute atomic E-state index is 3.13. The molecule has 0 unspecified atom stereocenters. The Balaban J connectivity index is 6.08. The molecule has 0 aliphatic heterocycles. The summed E-state index contributed by atoms with van der Waals surface area (Å²) in [6.07, 6.45) is -7.40. The summed E-state index contributed by atoms with van der Waals surface area (Å²) in [4.78, 5) is 0. The molecule has 0 fully saturated rings. The Kier molecular flexibility index (Phi) is 4.07. The molecule has 0 spiro atoms. The Morgan fingerprint density at radius 1 is 0.400 bits per heavy atom. The van der Waals surface area contributed by atoms with Crippen molar-refractivity contribution in [3.63, 3.8) is 0 Å². The van der Waals surface area contributed by atoms with E-state index in [9.17, 15) is 57.1 Å². The summed E-state index contributed by atoms with van der Waals surface area (Å²) in [5.41, 5.74) is 3.13. The highest BCUT2D eigenvalue weighted by molar-refractivity contribution is 5.08. The average molecular weight is 335 g/mol. The number of halogens is 13. The van der Waals surface area contributed by atoms with E-state index in [1.165, 1.54) is 0 Å². The predicted molar refractivity (Wildman–Crippen MR) is 35.0 cm³/mol. The van der Waals surface area contributed by atoms with Gasteiger partial charge in [0, 0.05) is 0 Å². The smallest absolute Gasteiger partial charge is 0.267 e. The van der Waals surface area contributed by atoms with Gasteiger partial charge in [-0.2, -0.15) is 57.1 Å². The summed E-state index contributed by atoms with van der Waals surface area (Å²) >= 11 is 0. The van der Waals surface area contributed by atoms with Crippen LogP contribution in [0.3, 0.4) is 0 Å². The van der Waals surface area contributed by atoms with E-state index in [1.54, 1.807) is 0 Å². The molecule has 20 heavy (non-hydrogen) atoms. The van der Waals surface area contributed by atoms with E-state index in [1.807, 2.05) is 0 Å². The van der Waals surface area contributed by atoms with Gasteiger partial charge in [-0.15, -0.1) is 0 Å². The molecule has 122 valence electrons. The molecule has 0 aliphatic rings. The first kappa shape index (κ1) is 19.1. The van der Waals surface area contributed by atoms with Crippen LogP contribution in [0, 0.1) is 0 Å². The fraction of sp³-hybridized carbons (Fsp3) is 1.00. The molecule has 0 saturated carbocycles. The Hall–Kier alpha value is -0.950. The lowest BCUT2D eigenvalue weighted by Crippen LogP contribution is -2.71. The fourth-order valence-electron chi connectivity index (χ4n) is 0.782. The van der Waals surface area contributed by atoms with Crippen molar-refractivity contribution in [2.24, 2.45) is 5.73 Å². The maximum Gasteiger partial charge on any atom is 0.460 e. The largest absolute Gasteiger partial charge is 0.460 e. The normalized spacial score (nSPS) is 16.5. The first-order chi connectivity index (χ1) is 8.25. The van der Waals surface area contributed by atoms with Crippen LogP contribution in [0.25, 0.3) is 0 Å². The molecule has 0 heterocycles. The maximum atomic E-state index is 12.5. The molecular formula is C6H2F13N. The second-order valence-electron chi connectivity index (χ2n) is 3.42. The number of rotatable bonds is 4. The van der Waals surface area contributed by atoms with E-state index in [-0.39, 0.29) is 0 Å². The number of hydrogen-bond acceptors (Lipinski definition) is 1. The van der Waals surface area contributed by atoms with Gasteiger partial charge >= 0.3 is 35.9 Å². The molecule has 0 aliphatic carbocycles. The van der Waals surface area contributed by atoms with Gasteiger partial charge in [-0.1, -0.05) is 0 Å². The minimum atomic E-state index is -7.88. The van der Waals surface area contributed by atoms with Gasteiger partial charge in [0.25, 0.3) is 0 Å². The van der Waals surface area contributed by atoms with Crippen LogP contribution in [-0.2, 0) is 0 Å². The quantitative estimate of drug-likeness (QED) is 0.616. The molecule has 0 atom stereocenters. The molecule has 0 bridgehead atoms. The standard InChI is InChI=1S/C6H2F13N/c7-1(8,3(11,12)5(15,16)17)2(9,10)4(13,14)6(18,19)20/h20H2. The zero-order valence-corrected chi connectivity index (χ0v) is 8.49. The molecule has 0 aromatic carbocycles. The van der Waals surface area contributed by atoms with Gasteiger partial charge in [0.2, 0.25) is 0 Å². The Morgan fingerprint density at radius 3 is 0.850 bits per heavy atom. The zero-order valence-electron chi connectivity index (χ0n) is 8.49. The SMILES string of the molecule is NC(F)(F)C(F)(F)C(F)(F)C(F)(F)C(F)(F)C(F)(F)F. The molecule has 0 rings (SSSR count). The highest BCUT2D eigenvalue weighted by Gasteiger charge is 2.90. The van der Waals surface area contributed by atoms with Crippen LogP contribution >= 0.6 is 0 Å². The van der Waals surface area contributed by atoms with Crippen molar-refractivity contribution in [3.8, 4) is 0 Å². The van der Waals surface area contributed by atoms with Crippen molar-refractivity contribution in [2.45, 2.75) is 35.9 Å². The average Bonchev–Trinajstić information content (AvgIpc) is 2.12. The van der Waals surface area contributed by atoms with Gasteiger partial charge < -0.3 is 0 Å². The lowest BCUT2D eigenvalue weighted by molar-refractivity contribution is -0.439. The van der Waals surface area contributed by atoms with Gasteiger partial charge in [0.15, 0.2) is 0 Å². The third kappa shape index (κ3) is 2.26. The molecule has 0 radical (unpaired) electrons. The summed E-state index contributed by atoms with van der Waals surface area (Å²) in [6.45, 7) is 0. The first-order valence-corrected chi connectivity index (χ1v) is 4.00. The van der Waals surface area contributed by atoms with Crippen LogP contribution in [0.15, 0.2) is 0 Å². The van der Waals surface area contributed by atoms with Gasteiger partial charge in [0.1, 0.15) is 0 Å². The van der Waals surface area contributed by atoms with Gasteiger partial charge in [0.05, 0.1) is 0 Å². The topological polar surface area (TPSA) is 26.0 Å². The first-order valence-electron chi connectivity index (χ1n) is 4.00. The Bertz CT molecular complexity index is 324. The monoisotopic (exact) mass is 335 g/mol. The molecule has 0 amide bonds. The minimum Gasteiger partial charge on any atom is -0.267 e. The number of nitrogens with two attached hydrogens (primary N) is 1. The van der Waals surface area contributed by atoms with Crippen LogP contribution in [0.1, 0.15) is 0 Å². The van der Waals surface area contributed by atoms with Crippen molar-refractivity contribution in [2.75, 3.05) is 0 Å². The summed E-state index contributed by atoms with van der Waals surface area (Å²) in [5.74, 6) is -30.8. The predicted octanol–water partition coefficient (Wildman–Crippen LogP) is 3.64. The molecule has 1 nitrogen and oxygen atoms in total. The molecule has 14 heteroatoms. The third-order valence-electron chi connectivity index (χ3n) is 1.96. The molecule has 2 N–H and O–H groups in total. The van der Waals surface area contributed by atoms with Crippen LogP contribution < -0.4 is 5.73 Å². The van der Waals surface area contributed by atoms with E-state index < -0.39 is 35.9 Å². The number of hydrogen-bond donors (Lipinski definition) is 1. The highest BCUT2D eigenvalue weighted by Crippen LogP contribution is 2.59. The van der Waals surface area contributed by atoms with Crippen molar-refractivity contribution >= 4 is 0 Å².